The number of nitrogens with two attached hydrogens (primary N) is 1. The highest BCUT2D eigenvalue weighted by Crippen LogP contribution is 2.45. The summed E-state index contributed by atoms with van der Waals surface area (Å²) in [6.45, 7) is 5.03. The molecule has 4 rings (SSSR count). The molecule has 1 aliphatic carbocycles. The lowest BCUT2D eigenvalue weighted by atomic mass is 10.1. The Labute approximate surface area is 146 Å². The molecular weight excluding hydrogens is 312 g/mol. The Bertz CT molecular complexity index is 949. The third kappa shape index (κ3) is 2.91. The number of fused-ring (bicyclic) bond motifs is 1. The van der Waals surface area contributed by atoms with Crippen LogP contribution in [0.2, 0.25) is 0 Å². The molecule has 1 saturated carbocycles. The molecule has 25 heavy (non-hydrogen) atoms. The number of aromatic amines is 1. The minimum atomic E-state index is -0.448. The Morgan fingerprint density at radius 2 is 1.96 bits per heavy atom. The molecule has 5 nitrogen and oxygen atoms in total. The van der Waals surface area contributed by atoms with Crippen LogP contribution in [0.4, 0.5) is 0 Å². The van der Waals surface area contributed by atoms with Crippen LogP contribution >= 0.6 is 0 Å². The summed E-state index contributed by atoms with van der Waals surface area (Å²) in [4.78, 5) is 19.7. The third-order valence-electron chi connectivity index (χ3n) is 4.89. The van der Waals surface area contributed by atoms with Crippen LogP contribution in [-0.2, 0) is 12.1 Å². The Hall–Kier alpha value is -2.66. The third-order valence-corrected chi connectivity index (χ3v) is 4.89. The normalized spacial score (nSPS) is 15.4. The first kappa shape index (κ1) is 15.8. The van der Waals surface area contributed by atoms with Crippen LogP contribution in [0.5, 0.6) is 0 Å². The lowest BCUT2D eigenvalue weighted by Crippen LogP contribution is -2.29. The Balaban J connectivity index is 1.61. The van der Waals surface area contributed by atoms with E-state index < -0.39 is 5.91 Å². The van der Waals surface area contributed by atoms with Gasteiger partial charge in [0.1, 0.15) is 11.3 Å². The van der Waals surface area contributed by atoms with E-state index in [0.29, 0.717) is 11.1 Å². The first-order valence-electron chi connectivity index (χ1n) is 8.58. The molecule has 1 heterocycles. The van der Waals surface area contributed by atoms with Crippen molar-refractivity contribution in [2.45, 2.75) is 38.8 Å². The van der Waals surface area contributed by atoms with Crippen LogP contribution in [0.3, 0.4) is 0 Å². The Morgan fingerprint density at radius 3 is 2.60 bits per heavy atom. The minimum Gasteiger partial charge on any atom is -0.366 e. The number of benzene rings is 2. The average molecular weight is 334 g/mol. The largest absolute Gasteiger partial charge is 0.366 e. The molecule has 1 amide bonds. The highest BCUT2D eigenvalue weighted by Gasteiger charge is 2.46. The Kier molecular flexibility index (Phi) is 3.62. The van der Waals surface area contributed by atoms with Crippen molar-refractivity contribution in [1.29, 1.82) is 0 Å². The molecule has 0 saturated heterocycles. The summed E-state index contributed by atoms with van der Waals surface area (Å²) in [5, 5.41) is 3.66. The number of aromatic nitrogens is 2. The van der Waals surface area contributed by atoms with E-state index in [9.17, 15) is 4.79 Å². The van der Waals surface area contributed by atoms with Gasteiger partial charge in [-0.3, -0.25) is 4.79 Å². The molecule has 4 N–H and O–H groups in total. The molecule has 0 radical (unpaired) electrons. The highest BCUT2D eigenvalue weighted by molar-refractivity contribution is 6.04. The van der Waals surface area contributed by atoms with Crippen molar-refractivity contribution in [1.82, 2.24) is 15.3 Å². The average Bonchev–Trinajstić information content (AvgIpc) is 3.22. The molecule has 3 aromatic rings. The fourth-order valence-electron chi connectivity index (χ4n) is 3.52. The molecule has 0 spiro atoms. The predicted octanol–water partition coefficient (Wildman–Crippen LogP) is 3.06. The van der Waals surface area contributed by atoms with Crippen molar-refractivity contribution >= 4 is 16.9 Å². The first-order valence-corrected chi connectivity index (χ1v) is 8.58. The number of nitrogens with one attached hydrogen (secondary N) is 2. The first-order chi connectivity index (χ1) is 12.0. The molecule has 1 aromatic heterocycles. The maximum Gasteiger partial charge on any atom is 0.250 e. The molecular formula is C20H22N4O. The van der Waals surface area contributed by atoms with Crippen molar-refractivity contribution in [2.24, 2.45) is 5.73 Å². The van der Waals surface area contributed by atoms with Gasteiger partial charge in [0.2, 0.25) is 0 Å². The van der Waals surface area contributed by atoms with E-state index in [4.69, 9.17) is 10.7 Å². The van der Waals surface area contributed by atoms with E-state index in [-0.39, 0.29) is 5.54 Å². The summed E-state index contributed by atoms with van der Waals surface area (Å²) in [6, 6.07) is 12.1. The molecule has 0 unspecified atom stereocenters. The highest BCUT2D eigenvalue weighted by atomic mass is 16.1. The molecule has 2 aromatic carbocycles. The van der Waals surface area contributed by atoms with E-state index >= 15 is 0 Å². The molecule has 0 atom stereocenters. The Morgan fingerprint density at radius 1 is 1.24 bits per heavy atom. The second kappa shape index (κ2) is 5.70. The second-order valence-corrected chi connectivity index (χ2v) is 7.08. The summed E-state index contributed by atoms with van der Waals surface area (Å²) in [5.41, 5.74) is 11.1. The number of hydrogen-bond acceptors (Lipinski definition) is 3. The number of para-hydroxylation sites is 1. The zero-order chi connectivity index (χ0) is 17.6. The van der Waals surface area contributed by atoms with Crippen molar-refractivity contribution in [2.75, 3.05) is 0 Å². The van der Waals surface area contributed by atoms with E-state index in [1.807, 2.05) is 12.1 Å². The van der Waals surface area contributed by atoms with Crippen molar-refractivity contribution < 1.29 is 4.79 Å². The van der Waals surface area contributed by atoms with Gasteiger partial charge in [-0.15, -0.1) is 0 Å². The molecule has 128 valence electrons. The summed E-state index contributed by atoms with van der Waals surface area (Å²) in [5.74, 6) is 0.442. The molecule has 1 aliphatic rings. The molecule has 0 aliphatic heterocycles. The van der Waals surface area contributed by atoms with Gasteiger partial charge in [0.25, 0.3) is 5.91 Å². The van der Waals surface area contributed by atoms with Crippen LogP contribution in [-0.4, -0.2) is 15.9 Å². The van der Waals surface area contributed by atoms with E-state index in [1.54, 1.807) is 6.07 Å². The zero-order valence-corrected chi connectivity index (χ0v) is 14.5. The summed E-state index contributed by atoms with van der Waals surface area (Å²) >= 11 is 0. The maximum atomic E-state index is 11.6. The van der Waals surface area contributed by atoms with Crippen LogP contribution in [0.25, 0.3) is 11.0 Å². The topological polar surface area (TPSA) is 83.8 Å². The SMILES string of the molecule is Cc1cc(C)cc(CNC2(c3nc4c(C(N)=O)cccc4[nH]3)CC2)c1. The smallest absolute Gasteiger partial charge is 0.250 e. The van der Waals surface area contributed by atoms with Gasteiger partial charge in [-0.2, -0.15) is 0 Å². The van der Waals surface area contributed by atoms with E-state index in [1.165, 1.54) is 16.7 Å². The van der Waals surface area contributed by atoms with E-state index in [2.05, 4.69) is 42.3 Å². The van der Waals surface area contributed by atoms with Crippen LogP contribution in [0.15, 0.2) is 36.4 Å². The number of amides is 1. The zero-order valence-electron chi connectivity index (χ0n) is 14.5. The van der Waals surface area contributed by atoms with Gasteiger partial charge in [0, 0.05) is 6.54 Å². The minimum absolute atomic E-state index is 0.133. The number of carbonyl (C=O) groups excluding carboxylic acids is 1. The van der Waals surface area contributed by atoms with Gasteiger partial charge in [-0.1, -0.05) is 35.4 Å². The van der Waals surface area contributed by atoms with Gasteiger partial charge in [-0.25, -0.2) is 4.98 Å². The number of H-pyrrole nitrogens is 1. The predicted molar refractivity (Wildman–Crippen MR) is 98.3 cm³/mol. The standard InChI is InChI=1S/C20H22N4O/c1-12-8-13(2)10-14(9-12)11-22-20(6-7-20)19-23-16-5-3-4-15(18(21)25)17(16)24-19/h3-5,8-10,22H,6-7,11H2,1-2H3,(H2,21,25)(H,23,24). The van der Waals surface area contributed by atoms with Gasteiger partial charge in [-0.05, 0) is 44.4 Å². The van der Waals surface area contributed by atoms with E-state index in [0.717, 1.165) is 30.7 Å². The van der Waals surface area contributed by atoms with Crippen molar-refractivity contribution in [3.63, 3.8) is 0 Å². The number of hydrogen-bond donors (Lipinski definition) is 3. The van der Waals surface area contributed by atoms with Gasteiger partial charge < -0.3 is 16.0 Å². The summed E-state index contributed by atoms with van der Waals surface area (Å²) in [7, 11) is 0. The quantitative estimate of drug-likeness (QED) is 0.670. The number of carbonyl (C=O) groups is 1. The molecule has 5 heteroatoms. The van der Waals surface area contributed by atoms with Crippen molar-refractivity contribution in [3.05, 3.63) is 64.5 Å². The van der Waals surface area contributed by atoms with Gasteiger partial charge >= 0.3 is 0 Å². The van der Waals surface area contributed by atoms with Crippen molar-refractivity contribution in [3.8, 4) is 0 Å². The number of primary amides is 1. The maximum absolute atomic E-state index is 11.6. The second-order valence-electron chi connectivity index (χ2n) is 7.08. The lowest BCUT2D eigenvalue weighted by Gasteiger charge is -2.15. The lowest BCUT2D eigenvalue weighted by molar-refractivity contribution is 0.100. The molecule has 0 bridgehead atoms. The summed E-state index contributed by atoms with van der Waals surface area (Å²) < 4.78 is 0. The summed E-state index contributed by atoms with van der Waals surface area (Å²) in [6.07, 6.45) is 2.06. The van der Waals surface area contributed by atoms with Gasteiger partial charge in [0.15, 0.2) is 0 Å². The number of aryl methyl sites for hydroxylation is 2. The van der Waals surface area contributed by atoms with Crippen LogP contribution in [0, 0.1) is 13.8 Å². The van der Waals surface area contributed by atoms with Crippen LogP contribution < -0.4 is 11.1 Å². The number of rotatable bonds is 5. The van der Waals surface area contributed by atoms with Crippen LogP contribution in [0.1, 0.15) is 45.7 Å². The molecule has 1 fully saturated rings. The number of imidazole rings is 1. The number of nitrogens with zero attached hydrogens (tertiary/aromatic N) is 1. The fourth-order valence-corrected chi connectivity index (χ4v) is 3.52. The monoisotopic (exact) mass is 334 g/mol. The van der Waals surface area contributed by atoms with Gasteiger partial charge in [0.05, 0.1) is 16.6 Å². The fraction of sp³-hybridized carbons (Fsp3) is 0.300.